The fourth-order valence-corrected chi connectivity index (χ4v) is 5.70. The standard InChI is InChI=1S/C31H37N5O2/c1-5-13-25(20-23(3)38-4)21-35-26(17-16-24-14-9-7-8-10-15-24)32-27-28(35)36-22-31(18-11-12-19-31)33-30(36)34(6-2)29(27)37/h5,7-10,13-14,20,23H,6,11-12,15,18-19,21-22H2,1-4H3/b13-5-,25-20+. The lowest BCUT2D eigenvalue weighted by atomic mass is 9.99. The molecule has 1 aromatic rings. The van der Waals surface area contributed by atoms with Gasteiger partial charge in [-0.05, 0) is 51.5 Å². The quantitative estimate of drug-likeness (QED) is 0.390. The lowest BCUT2D eigenvalue weighted by molar-refractivity contribution is 0.0841. The molecule has 4 aliphatic rings. The molecular formula is C31H37N5O2. The van der Waals surface area contributed by atoms with Crippen molar-refractivity contribution in [1.29, 1.82) is 0 Å². The van der Waals surface area contributed by atoms with Gasteiger partial charge in [0.25, 0.3) is 5.91 Å². The number of hydrogen-bond donors (Lipinski definition) is 0. The van der Waals surface area contributed by atoms with Crippen molar-refractivity contribution in [3.05, 3.63) is 71.3 Å². The van der Waals surface area contributed by atoms with Crippen LogP contribution >= 0.6 is 0 Å². The van der Waals surface area contributed by atoms with Crippen LogP contribution in [0.5, 0.6) is 0 Å². The number of carbonyl (C=O) groups is 1. The summed E-state index contributed by atoms with van der Waals surface area (Å²) in [5.41, 5.74) is 2.42. The predicted molar refractivity (Wildman–Crippen MR) is 152 cm³/mol. The first-order valence-electron chi connectivity index (χ1n) is 13.7. The second-order valence-electron chi connectivity index (χ2n) is 10.3. The average molecular weight is 512 g/mol. The van der Waals surface area contributed by atoms with Crippen molar-refractivity contribution < 1.29 is 9.53 Å². The number of rotatable bonds is 6. The van der Waals surface area contributed by atoms with Gasteiger partial charge in [0.05, 0.1) is 24.7 Å². The Kier molecular flexibility index (Phi) is 7.53. The molecule has 1 unspecified atom stereocenters. The van der Waals surface area contributed by atoms with E-state index in [-0.39, 0.29) is 17.6 Å². The monoisotopic (exact) mass is 511 g/mol. The molecule has 1 fully saturated rings. The highest BCUT2D eigenvalue weighted by Gasteiger charge is 2.49. The van der Waals surface area contributed by atoms with Crippen molar-refractivity contribution in [2.75, 3.05) is 25.1 Å². The van der Waals surface area contributed by atoms with Crippen LogP contribution in [0, 0.1) is 11.8 Å². The highest BCUT2D eigenvalue weighted by atomic mass is 16.5. The van der Waals surface area contributed by atoms with Crippen molar-refractivity contribution in [1.82, 2.24) is 14.5 Å². The first-order valence-corrected chi connectivity index (χ1v) is 13.7. The van der Waals surface area contributed by atoms with Gasteiger partial charge in [0.15, 0.2) is 11.5 Å². The fraction of sp³-hybridized carbons (Fsp3) is 0.452. The molecule has 38 heavy (non-hydrogen) atoms. The summed E-state index contributed by atoms with van der Waals surface area (Å²) in [6.07, 6.45) is 21.6. The van der Waals surface area contributed by atoms with Gasteiger partial charge in [-0.15, -0.1) is 0 Å². The van der Waals surface area contributed by atoms with Gasteiger partial charge in [-0.1, -0.05) is 67.4 Å². The van der Waals surface area contributed by atoms with E-state index in [1.165, 1.54) is 12.8 Å². The van der Waals surface area contributed by atoms with Gasteiger partial charge in [-0.3, -0.25) is 19.2 Å². The summed E-state index contributed by atoms with van der Waals surface area (Å²) in [5.74, 6) is 8.70. The first kappa shape index (κ1) is 26.0. The number of amides is 1. The summed E-state index contributed by atoms with van der Waals surface area (Å²) in [7, 11) is 1.71. The SMILES string of the molecule is C/C=C\C(=C/C(C)OC)Cn1c(C#CC2=CC=CC=CC2)nc2c1N1CC3(CCCC3)N=C1N(CC)C2=O. The summed E-state index contributed by atoms with van der Waals surface area (Å²) in [5, 5.41) is 0. The van der Waals surface area contributed by atoms with Crippen LogP contribution in [-0.4, -0.2) is 58.2 Å². The average Bonchev–Trinajstić information content (AvgIpc) is 3.55. The van der Waals surface area contributed by atoms with Crippen molar-refractivity contribution in [2.24, 2.45) is 4.99 Å². The molecule has 7 nitrogen and oxygen atoms in total. The van der Waals surface area contributed by atoms with Gasteiger partial charge in [-0.25, -0.2) is 9.98 Å². The topological polar surface area (TPSA) is 63.0 Å². The fourth-order valence-electron chi connectivity index (χ4n) is 5.70. The Balaban J connectivity index is 1.65. The second kappa shape index (κ2) is 11.0. The normalized spacial score (nSPS) is 20.8. The van der Waals surface area contributed by atoms with E-state index >= 15 is 0 Å². The van der Waals surface area contributed by atoms with Crippen molar-refractivity contribution in [3.63, 3.8) is 0 Å². The molecule has 0 aromatic carbocycles. The number of nitrogens with zero attached hydrogens (tertiary/aromatic N) is 5. The Morgan fingerprint density at radius 2 is 2.05 bits per heavy atom. The minimum Gasteiger partial charge on any atom is -0.378 e. The smallest absolute Gasteiger partial charge is 0.283 e. The number of hydrogen-bond acceptors (Lipinski definition) is 5. The van der Waals surface area contributed by atoms with Crippen LogP contribution in [0.15, 0.2) is 64.7 Å². The van der Waals surface area contributed by atoms with Crippen LogP contribution in [0.2, 0.25) is 0 Å². The van der Waals surface area contributed by atoms with Gasteiger partial charge < -0.3 is 4.74 Å². The molecule has 0 radical (unpaired) electrons. The highest BCUT2D eigenvalue weighted by Crippen LogP contribution is 2.43. The number of carbonyl (C=O) groups excluding carboxylic acids is 1. The zero-order valence-electron chi connectivity index (χ0n) is 22.9. The third kappa shape index (κ3) is 4.93. The minimum absolute atomic E-state index is 0.0484. The van der Waals surface area contributed by atoms with Crippen LogP contribution in [0.3, 0.4) is 0 Å². The molecule has 0 N–H and O–H groups in total. The molecule has 1 spiro atoms. The van der Waals surface area contributed by atoms with E-state index < -0.39 is 0 Å². The molecule has 2 aliphatic heterocycles. The number of allylic oxidation sites excluding steroid dienone is 9. The van der Waals surface area contributed by atoms with Crippen molar-refractivity contribution in [3.8, 4) is 11.8 Å². The molecule has 7 heteroatoms. The first-order chi connectivity index (χ1) is 18.5. The summed E-state index contributed by atoms with van der Waals surface area (Å²) in [4.78, 5) is 27.9. The Morgan fingerprint density at radius 3 is 2.79 bits per heavy atom. The number of fused-ring (bicyclic) bond motifs is 3. The number of imidazole rings is 1. The zero-order chi connectivity index (χ0) is 26.7. The molecule has 1 aromatic heterocycles. The van der Waals surface area contributed by atoms with E-state index in [1.807, 2.05) is 51.2 Å². The van der Waals surface area contributed by atoms with Crippen molar-refractivity contribution in [2.45, 2.75) is 71.1 Å². The van der Waals surface area contributed by atoms with Gasteiger partial charge >= 0.3 is 0 Å². The minimum atomic E-state index is -0.123. The van der Waals surface area contributed by atoms with Gasteiger partial charge in [0.2, 0.25) is 5.96 Å². The largest absolute Gasteiger partial charge is 0.378 e. The Labute approximate surface area is 226 Å². The van der Waals surface area contributed by atoms with E-state index in [4.69, 9.17) is 14.7 Å². The number of ether oxygens (including phenoxy) is 1. The molecule has 0 bridgehead atoms. The Morgan fingerprint density at radius 1 is 1.24 bits per heavy atom. The maximum absolute atomic E-state index is 13.8. The van der Waals surface area contributed by atoms with Crippen LogP contribution in [0.1, 0.15) is 69.2 Å². The van der Waals surface area contributed by atoms with E-state index in [1.54, 1.807) is 12.0 Å². The van der Waals surface area contributed by atoms with E-state index in [2.05, 4.69) is 39.5 Å². The highest BCUT2D eigenvalue weighted by molar-refractivity contribution is 6.18. The molecular weight excluding hydrogens is 474 g/mol. The van der Waals surface area contributed by atoms with Gasteiger partial charge in [-0.2, -0.15) is 0 Å². The molecule has 1 amide bonds. The molecule has 0 saturated heterocycles. The van der Waals surface area contributed by atoms with Crippen LogP contribution in [-0.2, 0) is 11.3 Å². The molecule has 3 heterocycles. The number of methoxy groups -OCH3 is 1. The lowest BCUT2D eigenvalue weighted by Crippen LogP contribution is -2.51. The third-order valence-electron chi connectivity index (χ3n) is 7.64. The number of guanidine groups is 1. The zero-order valence-corrected chi connectivity index (χ0v) is 22.9. The van der Waals surface area contributed by atoms with E-state index in [0.717, 1.165) is 48.7 Å². The molecule has 2 aliphatic carbocycles. The predicted octanol–water partition coefficient (Wildman–Crippen LogP) is 5.18. The van der Waals surface area contributed by atoms with Crippen LogP contribution < -0.4 is 4.90 Å². The lowest BCUT2D eigenvalue weighted by Gasteiger charge is -2.34. The maximum atomic E-state index is 13.8. The second-order valence-corrected chi connectivity index (χ2v) is 10.3. The molecule has 1 atom stereocenters. The summed E-state index contributed by atoms with van der Waals surface area (Å²) in [6, 6.07) is 0. The van der Waals surface area contributed by atoms with Gasteiger partial charge in [0.1, 0.15) is 5.82 Å². The number of aromatic nitrogens is 2. The van der Waals surface area contributed by atoms with Crippen LogP contribution in [0.4, 0.5) is 5.82 Å². The Bertz CT molecular complexity index is 1340. The number of aliphatic imine (C=N–C) groups is 1. The summed E-state index contributed by atoms with van der Waals surface area (Å²) >= 11 is 0. The number of anilines is 1. The van der Waals surface area contributed by atoms with Crippen LogP contribution in [0.25, 0.3) is 0 Å². The van der Waals surface area contributed by atoms with E-state index in [0.29, 0.717) is 24.6 Å². The summed E-state index contributed by atoms with van der Waals surface area (Å²) in [6.45, 7) is 7.88. The molecule has 198 valence electrons. The molecule has 5 rings (SSSR count). The maximum Gasteiger partial charge on any atom is 0.283 e. The van der Waals surface area contributed by atoms with Crippen molar-refractivity contribution >= 4 is 17.7 Å². The Hall–Kier alpha value is -3.63. The molecule has 1 saturated carbocycles. The summed E-state index contributed by atoms with van der Waals surface area (Å²) < 4.78 is 7.64. The third-order valence-corrected chi connectivity index (χ3v) is 7.64. The van der Waals surface area contributed by atoms with Gasteiger partial charge in [0, 0.05) is 19.2 Å². The van der Waals surface area contributed by atoms with E-state index in [9.17, 15) is 4.79 Å².